The van der Waals surface area contributed by atoms with Gasteiger partial charge in [0.15, 0.2) is 0 Å². The molecule has 0 unspecified atom stereocenters. The van der Waals surface area contributed by atoms with E-state index in [9.17, 15) is 4.79 Å². The SMILES string of the molecule is Cc1ccn(C(=O)OCc2cccc3c2Cc2ccccc2-3)n1. The van der Waals surface area contributed by atoms with Crippen LogP contribution in [-0.4, -0.2) is 15.9 Å². The first-order valence-corrected chi connectivity index (χ1v) is 7.61. The molecule has 0 radical (unpaired) electrons. The smallest absolute Gasteiger partial charge is 0.435 e. The average molecular weight is 304 g/mol. The number of hydrogen-bond donors (Lipinski definition) is 0. The van der Waals surface area contributed by atoms with Crippen molar-refractivity contribution in [1.82, 2.24) is 9.78 Å². The summed E-state index contributed by atoms with van der Waals surface area (Å²) in [7, 11) is 0. The third kappa shape index (κ3) is 2.42. The van der Waals surface area contributed by atoms with Gasteiger partial charge in [-0.15, -0.1) is 0 Å². The van der Waals surface area contributed by atoms with Gasteiger partial charge >= 0.3 is 6.09 Å². The van der Waals surface area contributed by atoms with E-state index in [2.05, 4.69) is 35.4 Å². The molecule has 0 spiro atoms. The molecular weight excluding hydrogens is 288 g/mol. The standard InChI is InChI=1S/C19H16N2O2/c1-13-9-10-21(20-13)19(22)23-12-15-6-4-8-17-16-7-3-2-5-14(16)11-18(15)17/h2-10H,11-12H2,1H3. The Morgan fingerprint density at radius 2 is 1.96 bits per heavy atom. The first-order valence-electron chi connectivity index (χ1n) is 7.61. The lowest BCUT2D eigenvalue weighted by Crippen LogP contribution is -2.14. The van der Waals surface area contributed by atoms with Crippen LogP contribution in [0.4, 0.5) is 4.79 Å². The van der Waals surface area contributed by atoms with Crippen molar-refractivity contribution in [1.29, 1.82) is 0 Å². The number of ether oxygens (including phenoxy) is 1. The van der Waals surface area contributed by atoms with Crippen LogP contribution in [0.25, 0.3) is 11.1 Å². The monoisotopic (exact) mass is 304 g/mol. The van der Waals surface area contributed by atoms with Crippen molar-refractivity contribution in [2.45, 2.75) is 20.0 Å². The fraction of sp³-hybridized carbons (Fsp3) is 0.158. The van der Waals surface area contributed by atoms with Gasteiger partial charge in [0.1, 0.15) is 6.61 Å². The predicted molar refractivity (Wildman–Crippen MR) is 87.2 cm³/mol. The summed E-state index contributed by atoms with van der Waals surface area (Å²) in [5.41, 5.74) is 6.93. The Kier molecular flexibility index (Phi) is 3.23. The van der Waals surface area contributed by atoms with E-state index in [1.54, 1.807) is 12.3 Å². The highest BCUT2D eigenvalue weighted by Gasteiger charge is 2.21. The van der Waals surface area contributed by atoms with Gasteiger partial charge in [0, 0.05) is 6.20 Å². The number of aryl methyl sites for hydroxylation is 1. The van der Waals surface area contributed by atoms with E-state index in [0.29, 0.717) is 0 Å². The lowest BCUT2D eigenvalue weighted by atomic mass is 10.0. The molecule has 0 bridgehead atoms. The summed E-state index contributed by atoms with van der Waals surface area (Å²) in [6.45, 7) is 2.10. The first kappa shape index (κ1) is 13.8. The Bertz CT molecular complexity index is 896. The van der Waals surface area contributed by atoms with E-state index < -0.39 is 6.09 Å². The quantitative estimate of drug-likeness (QED) is 0.563. The van der Waals surface area contributed by atoms with E-state index in [4.69, 9.17) is 4.74 Å². The highest BCUT2D eigenvalue weighted by Crippen LogP contribution is 2.38. The fourth-order valence-electron chi connectivity index (χ4n) is 3.08. The molecule has 114 valence electrons. The summed E-state index contributed by atoms with van der Waals surface area (Å²) in [5, 5.41) is 4.07. The topological polar surface area (TPSA) is 44.1 Å². The van der Waals surface area contributed by atoms with Crippen LogP contribution in [0.5, 0.6) is 0 Å². The van der Waals surface area contributed by atoms with Crippen LogP contribution in [0.1, 0.15) is 22.4 Å². The fourth-order valence-corrected chi connectivity index (χ4v) is 3.08. The highest BCUT2D eigenvalue weighted by molar-refractivity contribution is 5.78. The second-order valence-electron chi connectivity index (χ2n) is 5.73. The van der Waals surface area contributed by atoms with Crippen molar-refractivity contribution in [2.24, 2.45) is 0 Å². The Hall–Kier alpha value is -2.88. The van der Waals surface area contributed by atoms with Crippen molar-refractivity contribution in [3.63, 3.8) is 0 Å². The Labute approximate surface area is 134 Å². The van der Waals surface area contributed by atoms with Crippen LogP contribution in [0.15, 0.2) is 54.7 Å². The molecule has 23 heavy (non-hydrogen) atoms. The summed E-state index contributed by atoms with van der Waals surface area (Å²) < 4.78 is 6.64. The minimum Gasteiger partial charge on any atom is -0.443 e. The van der Waals surface area contributed by atoms with Crippen LogP contribution in [0.2, 0.25) is 0 Å². The molecule has 0 saturated heterocycles. The van der Waals surface area contributed by atoms with Gasteiger partial charge in [0.25, 0.3) is 0 Å². The summed E-state index contributed by atoms with van der Waals surface area (Å²) in [6.07, 6.45) is 2.05. The Balaban J connectivity index is 1.56. The Morgan fingerprint density at radius 3 is 2.78 bits per heavy atom. The van der Waals surface area contributed by atoms with Crippen LogP contribution >= 0.6 is 0 Å². The molecule has 0 saturated carbocycles. The summed E-state index contributed by atoms with van der Waals surface area (Å²) in [5.74, 6) is 0. The van der Waals surface area contributed by atoms with Crippen molar-refractivity contribution in [2.75, 3.05) is 0 Å². The van der Waals surface area contributed by atoms with Gasteiger partial charge in [-0.1, -0.05) is 42.5 Å². The molecule has 1 aromatic heterocycles. The molecule has 4 nitrogen and oxygen atoms in total. The van der Waals surface area contributed by atoms with Crippen molar-refractivity contribution < 1.29 is 9.53 Å². The number of hydrogen-bond acceptors (Lipinski definition) is 3. The molecule has 3 aromatic rings. The average Bonchev–Trinajstić information content (AvgIpc) is 3.16. The molecule has 4 rings (SSSR count). The van der Waals surface area contributed by atoms with Gasteiger partial charge in [-0.05, 0) is 47.2 Å². The van der Waals surface area contributed by atoms with Crippen molar-refractivity contribution in [3.8, 4) is 11.1 Å². The van der Waals surface area contributed by atoms with E-state index in [1.165, 1.54) is 26.9 Å². The molecule has 1 heterocycles. The Morgan fingerprint density at radius 1 is 1.13 bits per heavy atom. The maximum atomic E-state index is 12.0. The third-order valence-electron chi connectivity index (χ3n) is 4.21. The first-order chi connectivity index (χ1) is 11.2. The predicted octanol–water partition coefficient (Wildman–Crippen LogP) is 3.95. The summed E-state index contributed by atoms with van der Waals surface area (Å²) >= 11 is 0. The number of rotatable bonds is 2. The number of fused-ring (bicyclic) bond motifs is 3. The lowest BCUT2D eigenvalue weighted by Gasteiger charge is -2.09. The number of carbonyl (C=O) groups is 1. The van der Waals surface area contributed by atoms with Crippen LogP contribution in [-0.2, 0) is 17.8 Å². The highest BCUT2D eigenvalue weighted by atomic mass is 16.6. The molecular formula is C19H16N2O2. The van der Waals surface area contributed by atoms with Crippen molar-refractivity contribution >= 4 is 6.09 Å². The second-order valence-corrected chi connectivity index (χ2v) is 5.73. The maximum Gasteiger partial charge on any atom is 0.435 e. The van der Waals surface area contributed by atoms with E-state index in [0.717, 1.165) is 17.7 Å². The van der Waals surface area contributed by atoms with Crippen LogP contribution < -0.4 is 0 Å². The lowest BCUT2D eigenvalue weighted by molar-refractivity contribution is 0.137. The molecule has 0 aliphatic heterocycles. The summed E-state index contributed by atoms with van der Waals surface area (Å²) in [6, 6.07) is 16.3. The molecule has 1 aliphatic rings. The minimum atomic E-state index is -0.453. The van der Waals surface area contributed by atoms with Gasteiger partial charge in [-0.25, -0.2) is 4.79 Å². The van der Waals surface area contributed by atoms with Gasteiger partial charge < -0.3 is 4.74 Å². The maximum absolute atomic E-state index is 12.0. The molecule has 0 amide bonds. The van der Waals surface area contributed by atoms with Gasteiger partial charge in [0.2, 0.25) is 0 Å². The van der Waals surface area contributed by atoms with Gasteiger partial charge in [-0.2, -0.15) is 9.78 Å². The second kappa shape index (κ2) is 5.39. The largest absolute Gasteiger partial charge is 0.443 e. The van der Waals surface area contributed by atoms with Gasteiger partial charge in [-0.3, -0.25) is 0 Å². The number of benzene rings is 2. The molecule has 4 heteroatoms. The normalized spacial score (nSPS) is 11.9. The summed E-state index contributed by atoms with van der Waals surface area (Å²) in [4.78, 5) is 12.0. The molecule has 1 aliphatic carbocycles. The molecule has 2 aromatic carbocycles. The van der Waals surface area contributed by atoms with Crippen molar-refractivity contribution in [3.05, 3.63) is 77.1 Å². The number of carbonyl (C=O) groups excluding carboxylic acids is 1. The number of aromatic nitrogens is 2. The zero-order chi connectivity index (χ0) is 15.8. The van der Waals surface area contributed by atoms with Crippen LogP contribution in [0.3, 0.4) is 0 Å². The van der Waals surface area contributed by atoms with E-state index in [1.807, 2.05) is 19.1 Å². The van der Waals surface area contributed by atoms with E-state index in [-0.39, 0.29) is 6.61 Å². The number of nitrogens with zero attached hydrogens (tertiary/aromatic N) is 2. The minimum absolute atomic E-state index is 0.259. The van der Waals surface area contributed by atoms with E-state index >= 15 is 0 Å². The third-order valence-corrected chi connectivity index (χ3v) is 4.21. The van der Waals surface area contributed by atoms with Gasteiger partial charge in [0.05, 0.1) is 5.69 Å². The molecule has 0 N–H and O–H groups in total. The molecule has 0 fully saturated rings. The van der Waals surface area contributed by atoms with Crippen LogP contribution in [0, 0.1) is 6.92 Å². The molecule has 0 atom stereocenters. The zero-order valence-electron chi connectivity index (χ0n) is 12.8. The zero-order valence-corrected chi connectivity index (χ0v) is 12.8.